The van der Waals surface area contributed by atoms with Crippen LogP contribution in [0.15, 0.2) is 30.3 Å². The molecule has 1 N–H and O–H groups in total. The third-order valence-electron chi connectivity index (χ3n) is 5.29. The van der Waals surface area contributed by atoms with Crippen molar-refractivity contribution in [2.45, 2.75) is 6.92 Å². The topological polar surface area (TPSA) is 63.3 Å². The number of ether oxygens (including phenoxy) is 3. The number of nitrogens with one attached hydrogen (secondary N) is 1. The van der Waals surface area contributed by atoms with Gasteiger partial charge in [0.05, 0.1) is 32.0 Å². The van der Waals surface area contributed by atoms with E-state index in [1.165, 1.54) is 21.3 Å². The summed E-state index contributed by atoms with van der Waals surface area (Å²) in [5.74, 6) is 0.977. The molecular formula is C22H28ClN3O4. The van der Waals surface area contributed by atoms with Gasteiger partial charge in [-0.1, -0.05) is 18.5 Å². The second-order valence-corrected chi connectivity index (χ2v) is 7.36. The molecule has 0 radical (unpaired) electrons. The summed E-state index contributed by atoms with van der Waals surface area (Å²) in [6.45, 7) is 7.15. The number of hydrogen-bond donors (Lipinski definition) is 1. The molecule has 162 valence electrons. The summed E-state index contributed by atoms with van der Waals surface area (Å²) in [5.41, 5.74) is 1.99. The number of rotatable bonds is 7. The smallest absolute Gasteiger partial charge is 0.255 e. The van der Waals surface area contributed by atoms with Crippen LogP contribution < -0.4 is 24.4 Å². The van der Waals surface area contributed by atoms with Gasteiger partial charge in [-0.3, -0.25) is 4.79 Å². The predicted octanol–water partition coefficient (Wildman–Crippen LogP) is 3.76. The maximum absolute atomic E-state index is 12.8. The molecule has 2 aromatic rings. The summed E-state index contributed by atoms with van der Waals surface area (Å²) in [6.07, 6.45) is 0. The van der Waals surface area contributed by atoms with Crippen molar-refractivity contribution >= 4 is 28.9 Å². The van der Waals surface area contributed by atoms with Crippen LogP contribution in [-0.2, 0) is 0 Å². The van der Waals surface area contributed by atoms with Crippen LogP contribution in [0.1, 0.15) is 17.3 Å². The minimum Gasteiger partial charge on any atom is -0.493 e. The number of carbonyl (C=O) groups is 1. The standard InChI is InChI=1S/C22H28ClN3O4/c1-5-25-8-10-26(11-9-25)18-7-6-16(14-17(18)23)24-22(27)15-12-19(28-2)21(30-4)20(13-15)29-3/h6-7,12-14H,5,8-11H2,1-4H3,(H,24,27). The van der Waals surface area contributed by atoms with Crippen LogP contribution in [-0.4, -0.2) is 64.9 Å². The van der Waals surface area contributed by atoms with Crippen LogP contribution in [0.5, 0.6) is 17.2 Å². The molecule has 1 amide bonds. The molecule has 7 nitrogen and oxygen atoms in total. The lowest BCUT2D eigenvalue weighted by Crippen LogP contribution is -2.46. The molecule has 0 unspecified atom stereocenters. The lowest BCUT2D eigenvalue weighted by Gasteiger charge is -2.36. The van der Waals surface area contributed by atoms with Crippen molar-refractivity contribution in [1.82, 2.24) is 4.90 Å². The molecule has 1 fully saturated rings. The second-order valence-electron chi connectivity index (χ2n) is 6.96. The minimum absolute atomic E-state index is 0.297. The Kier molecular flexibility index (Phi) is 7.29. The summed E-state index contributed by atoms with van der Waals surface area (Å²) in [5, 5.41) is 3.50. The maximum atomic E-state index is 12.8. The van der Waals surface area contributed by atoms with E-state index in [9.17, 15) is 4.79 Å². The fourth-order valence-corrected chi connectivity index (χ4v) is 3.86. The highest BCUT2D eigenvalue weighted by molar-refractivity contribution is 6.33. The minimum atomic E-state index is -0.297. The normalized spacial score (nSPS) is 14.4. The molecule has 30 heavy (non-hydrogen) atoms. The first-order valence-corrected chi connectivity index (χ1v) is 10.3. The van der Waals surface area contributed by atoms with Gasteiger partial charge in [0.15, 0.2) is 11.5 Å². The summed E-state index contributed by atoms with van der Waals surface area (Å²) in [7, 11) is 4.54. The van der Waals surface area contributed by atoms with Crippen molar-refractivity contribution in [3.05, 3.63) is 40.9 Å². The van der Waals surface area contributed by atoms with Crippen LogP contribution in [0, 0.1) is 0 Å². The molecule has 1 saturated heterocycles. The van der Waals surface area contributed by atoms with E-state index in [1.807, 2.05) is 12.1 Å². The largest absolute Gasteiger partial charge is 0.493 e. The third-order valence-corrected chi connectivity index (χ3v) is 5.60. The van der Waals surface area contributed by atoms with Gasteiger partial charge in [0.25, 0.3) is 5.91 Å². The number of methoxy groups -OCH3 is 3. The van der Waals surface area contributed by atoms with Crippen LogP contribution in [0.3, 0.4) is 0 Å². The number of carbonyl (C=O) groups excluding carboxylic acids is 1. The molecule has 0 aromatic heterocycles. The first kappa shape index (κ1) is 22.1. The molecule has 8 heteroatoms. The highest BCUT2D eigenvalue weighted by atomic mass is 35.5. The predicted molar refractivity (Wildman–Crippen MR) is 120 cm³/mol. The number of halogens is 1. The lowest BCUT2D eigenvalue weighted by molar-refractivity contribution is 0.102. The van der Waals surface area contributed by atoms with Gasteiger partial charge in [-0.25, -0.2) is 0 Å². The average Bonchev–Trinajstić information content (AvgIpc) is 2.78. The fourth-order valence-electron chi connectivity index (χ4n) is 3.56. The summed E-state index contributed by atoms with van der Waals surface area (Å²) in [6, 6.07) is 8.82. The highest BCUT2D eigenvalue weighted by Crippen LogP contribution is 2.38. The van der Waals surface area contributed by atoms with E-state index in [4.69, 9.17) is 25.8 Å². The third kappa shape index (κ3) is 4.74. The van der Waals surface area contributed by atoms with Crippen molar-refractivity contribution in [2.75, 3.05) is 64.3 Å². The Morgan fingerprint density at radius 3 is 2.13 bits per heavy atom. The number of piperazine rings is 1. The highest BCUT2D eigenvalue weighted by Gasteiger charge is 2.20. The van der Waals surface area contributed by atoms with Crippen molar-refractivity contribution < 1.29 is 19.0 Å². The molecule has 1 aliphatic heterocycles. The number of nitrogens with zero attached hydrogens (tertiary/aromatic N) is 2. The van der Waals surface area contributed by atoms with E-state index in [0.717, 1.165) is 38.4 Å². The van der Waals surface area contributed by atoms with Gasteiger partial charge in [-0.15, -0.1) is 0 Å². The van der Waals surface area contributed by atoms with E-state index < -0.39 is 0 Å². The first-order chi connectivity index (χ1) is 14.5. The molecule has 1 aliphatic rings. The SMILES string of the molecule is CCN1CCN(c2ccc(NC(=O)c3cc(OC)c(OC)c(OC)c3)cc2Cl)CC1. The summed E-state index contributed by atoms with van der Waals surface area (Å²) >= 11 is 6.53. The van der Waals surface area contributed by atoms with Gasteiger partial charge in [-0.2, -0.15) is 0 Å². The number of likely N-dealkylation sites (N-methyl/N-ethyl adjacent to an activating group) is 1. The second kappa shape index (κ2) is 9.91. The van der Waals surface area contributed by atoms with Crippen molar-refractivity contribution in [1.29, 1.82) is 0 Å². The zero-order valence-corrected chi connectivity index (χ0v) is 18.6. The number of hydrogen-bond acceptors (Lipinski definition) is 6. The molecule has 0 saturated carbocycles. The molecule has 0 bridgehead atoms. The van der Waals surface area contributed by atoms with Crippen molar-refractivity contribution in [2.24, 2.45) is 0 Å². The van der Waals surface area contributed by atoms with Crippen molar-refractivity contribution in [3.8, 4) is 17.2 Å². The lowest BCUT2D eigenvalue weighted by atomic mass is 10.1. The first-order valence-electron chi connectivity index (χ1n) is 9.88. The quantitative estimate of drug-likeness (QED) is 0.717. The number of anilines is 2. The number of amides is 1. The van der Waals surface area contributed by atoms with Gasteiger partial charge in [0, 0.05) is 37.4 Å². The summed E-state index contributed by atoms with van der Waals surface area (Å²) in [4.78, 5) is 17.5. The molecule has 0 aliphatic carbocycles. The molecule has 1 heterocycles. The van der Waals surface area contributed by atoms with E-state index in [-0.39, 0.29) is 5.91 Å². The van der Waals surface area contributed by atoms with Crippen LogP contribution in [0.25, 0.3) is 0 Å². The molecule has 2 aromatic carbocycles. The van der Waals surface area contributed by atoms with Gasteiger partial charge < -0.3 is 29.3 Å². The van der Waals surface area contributed by atoms with E-state index >= 15 is 0 Å². The maximum Gasteiger partial charge on any atom is 0.255 e. The van der Waals surface area contributed by atoms with Gasteiger partial charge in [0.2, 0.25) is 5.75 Å². The van der Waals surface area contributed by atoms with Gasteiger partial charge in [-0.05, 0) is 36.9 Å². The zero-order valence-electron chi connectivity index (χ0n) is 17.8. The van der Waals surface area contributed by atoms with Gasteiger partial charge in [0.1, 0.15) is 0 Å². The average molecular weight is 434 g/mol. The zero-order chi connectivity index (χ0) is 21.7. The van der Waals surface area contributed by atoms with Gasteiger partial charge >= 0.3 is 0 Å². The molecule has 0 atom stereocenters. The summed E-state index contributed by atoms with van der Waals surface area (Å²) < 4.78 is 15.9. The molecule has 0 spiro atoms. The Labute approximate surface area is 182 Å². The van der Waals surface area contributed by atoms with E-state index in [0.29, 0.717) is 33.5 Å². The Morgan fingerprint density at radius 2 is 1.63 bits per heavy atom. The Morgan fingerprint density at radius 1 is 1.00 bits per heavy atom. The van der Waals surface area contributed by atoms with Crippen LogP contribution in [0.2, 0.25) is 5.02 Å². The van der Waals surface area contributed by atoms with E-state index in [2.05, 4.69) is 22.0 Å². The Hall–Kier alpha value is -2.64. The molecular weight excluding hydrogens is 406 g/mol. The van der Waals surface area contributed by atoms with Crippen LogP contribution in [0.4, 0.5) is 11.4 Å². The van der Waals surface area contributed by atoms with Crippen molar-refractivity contribution in [3.63, 3.8) is 0 Å². The Balaban J connectivity index is 1.75. The Bertz CT molecular complexity index is 873. The monoisotopic (exact) mass is 433 g/mol. The molecule has 3 rings (SSSR count). The number of benzene rings is 2. The van der Waals surface area contributed by atoms with Crippen LogP contribution >= 0.6 is 11.6 Å². The fraction of sp³-hybridized carbons (Fsp3) is 0.409. The van der Waals surface area contributed by atoms with E-state index in [1.54, 1.807) is 18.2 Å².